The summed E-state index contributed by atoms with van der Waals surface area (Å²) in [5, 5.41) is 14.1. The maximum Gasteiger partial charge on any atom is 0.417 e. The molecule has 0 spiro atoms. The number of halogens is 6. The maximum absolute atomic E-state index is 15.2. The van der Waals surface area contributed by atoms with Crippen LogP contribution in [0.4, 0.5) is 32.0 Å². The Morgan fingerprint density at radius 3 is 2.53 bits per heavy atom. The van der Waals surface area contributed by atoms with Crippen molar-refractivity contribution in [3.63, 3.8) is 0 Å². The van der Waals surface area contributed by atoms with E-state index in [4.69, 9.17) is 4.74 Å². The summed E-state index contributed by atoms with van der Waals surface area (Å²) in [4.78, 5) is 30.6. The Balaban J connectivity index is 1.22. The molecule has 1 aliphatic heterocycles. The molecule has 51 heavy (non-hydrogen) atoms. The summed E-state index contributed by atoms with van der Waals surface area (Å²) < 4.78 is 97.8. The monoisotopic (exact) mass is 711 g/mol. The zero-order valence-corrected chi connectivity index (χ0v) is 27.3. The van der Waals surface area contributed by atoms with Crippen LogP contribution in [-0.2, 0) is 24.4 Å². The Morgan fingerprint density at radius 1 is 1.14 bits per heavy atom. The van der Waals surface area contributed by atoms with Crippen LogP contribution in [0.5, 0.6) is 5.75 Å². The predicted molar refractivity (Wildman–Crippen MR) is 175 cm³/mol. The lowest BCUT2D eigenvalue weighted by atomic mass is 9.94. The molecule has 1 aliphatic carbocycles. The minimum absolute atomic E-state index is 0.0196. The van der Waals surface area contributed by atoms with Gasteiger partial charge in [-0.05, 0) is 61.7 Å². The van der Waals surface area contributed by atoms with Gasteiger partial charge in [0.1, 0.15) is 28.7 Å². The first-order valence-electron chi connectivity index (χ1n) is 16.1. The number of nitrogens with one attached hydrogen (secondary N) is 2. The van der Waals surface area contributed by atoms with E-state index in [1.807, 2.05) is 5.32 Å². The van der Waals surface area contributed by atoms with Crippen molar-refractivity contribution in [1.82, 2.24) is 19.3 Å². The van der Waals surface area contributed by atoms with Gasteiger partial charge in [0.2, 0.25) is 5.78 Å². The standard InChI is InChI=1S/C36H31F6N5O4/c1-18-44-30-26(46(18)2)15-22(36(40,41)42)28-21-4-3-10-47-27(14-19(31(21)47)6-11-51-33(28)30)32(49)20-12-24(38)29(25(39)13-20)45-34(50)23(37)5-9-43-16-35(17-48)7-8-35/h3-5,10,12-15,43,48H,6-9,11,16-17H2,1-2H3,(H,45,50)/b23-5-. The van der Waals surface area contributed by atoms with Gasteiger partial charge in [-0.1, -0.05) is 6.07 Å². The van der Waals surface area contributed by atoms with E-state index < -0.39 is 52.1 Å². The van der Waals surface area contributed by atoms with Crippen LogP contribution in [-0.4, -0.2) is 57.1 Å². The second kappa shape index (κ2) is 12.6. The highest BCUT2D eigenvalue weighted by atomic mass is 19.4. The van der Waals surface area contributed by atoms with E-state index >= 15 is 8.78 Å². The molecule has 3 N–H and O–H groups in total. The first-order valence-corrected chi connectivity index (χ1v) is 16.1. The van der Waals surface area contributed by atoms with Crippen molar-refractivity contribution < 1.29 is 45.8 Å². The van der Waals surface area contributed by atoms with Gasteiger partial charge in [0.05, 0.1) is 28.9 Å². The number of ketones is 1. The summed E-state index contributed by atoms with van der Waals surface area (Å²) in [6.45, 7) is 1.95. The molecule has 5 aromatic rings. The number of hydrogen-bond acceptors (Lipinski definition) is 6. The van der Waals surface area contributed by atoms with Crippen molar-refractivity contribution in [2.75, 3.05) is 31.6 Å². The fourth-order valence-electron chi connectivity index (χ4n) is 6.52. The molecule has 7 rings (SSSR count). The number of ether oxygens (including phenoxy) is 1. The van der Waals surface area contributed by atoms with E-state index in [-0.39, 0.29) is 70.7 Å². The van der Waals surface area contributed by atoms with Crippen LogP contribution in [0.15, 0.2) is 54.5 Å². The van der Waals surface area contributed by atoms with Gasteiger partial charge in [-0.15, -0.1) is 0 Å². The second-order valence-corrected chi connectivity index (χ2v) is 12.9. The predicted octanol–water partition coefficient (Wildman–Crippen LogP) is 6.42. The topological polar surface area (TPSA) is 110 Å². The molecule has 0 saturated heterocycles. The molecule has 0 unspecified atom stereocenters. The van der Waals surface area contributed by atoms with Crippen LogP contribution in [0.2, 0.25) is 0 Å². The van der Waals surface area contributed by atoms with Crippen molar-refractivity contribution in [3.8, 4) is 16.9 Å². The third kappa shape index (κ3) is 6.03. The number of carbonyl (C=O) groups excluding carboxylic acids is 2. The quantitative estimate of drug-likeness (QED) is 0.0706. The Kier molecular flexibility index (Phi) is 8.45. The minimum atomic E-state index is -4.79. The van der Waals surface area contributed by atoms with E-state index in [2.05, 4.69) is 10.3 Å². The van der Waals surface area contributed by atoms with E-state index in [9.17, 15) is 32.3 Å². The number of imidazole rings is 1. The maximum atomic E-state index is 15.2. The molecule has 2 aromatic carbocycles. The Hall–Kier alpha value is -5.15. The van der Waals surface area contributed by atoms with E-state index in [1.54, 1.807) is 14.0 Å². The minimum Gasteiger partial charge on any atom is -0.490 e. The molecule has 15 heteroatoms. The number of alkyl halides is 3. The molecule has 0 atom stereocenters. The Bertz CT molecular complexity index is 2260. The molecule has 2 aliphatic rings. The summed E-state index contributed by atoms with van der Waals surface area (Å²) in [5.74, 6) is -5.82. The van der Waals surface area contributed by atoms with Crippen LogP contribution in [0.25, 0.3) is 27.7 Å². The Morgan fingerprint density at radius 2 is 1.86 bits per heavy atom. The highest BCUT2D eigenvalue weighted by Crippen LogP contribution is 2.49. The van der Waals surface area contributed by atoms with Crippen LogP contribution in [0.1, 0.15) is 45.8 Å². The number of aryl methyl sites for hydroxylation is 2. The molecule has 266 valence electrons. The SMILES string of the molecule is Cc1nc2c3c(c(C(F)(F)F)cc2n1C)-c1cccn2c(C(=O)c4cc(F)c(NC(=O)/C(F)=C/CNCC5(CO)CC5)c(F)c4)cc(c12)CCO3. The van der Waals surface area contributed by atoms with Gasteiger partial charge in [-0.25, -0.2) is 18.2 Å². The van der Waals surface area contributed by atoms with Crippen molar-refractivity contribution in [2.24, 2.45) is 12.5 Å². The average Bonchev–Trinajstić information content (AvgIpc) is 3.69. The normalized spacial score (nSPS) is 15.4. The van der Waals surface area contributed by atoms with E-state index in [1.165, 1.54) is 33.4 Å². The smallest absolute Gasteiger partial charge is 0.417 e. The molecule has 9 nitrogen and oxygen atoms in total. The van der Waals surface area contributed by atoms with Crippen LogP contribution >= 0.6 is 0 Å². The van der Waals surface area contributed by atoms with Crippen molar-refractivity contribution >= 4 is 33.9 Å². The van der Waals surface area contributed by atoms with E-state index in [0.29, 0.717) is 30.1 Å². The summed E-state index contributed by atoms with van der Waals surface area (Å²) in [6.07, 6.45) is -0.595. The number of amides is 1. The largest absolute Gasteiger partial charge is 0.490 e. The number of carbonyl (C=O) groups is 2. The molecule has 4 heterocycles. The number of aliphatic hydroxyl groups excluding tert-OH is 1. The number of pyridine rings is 1. The third-order valence-electron chi connectivity index (χ3n) is 9.63. The highest BCUT2D eigenvalue weighted by Gasteiger charge is 2.41. The molecule has 3 aromatic heterocycles. The zero-order valence-electron chi connectivity index (χ0n) is 27.3. The van der Waals surface area contributed by atoms with Crippen molar-refractivity contribution in [2.45, 2.75) is 32.4 Å². The lowest BCUT2D eigenvalue weighted by molar-refractivity contribution is -0.137. The van der Waals surface area contributed by atoms with Gasteiger partial charge in [0.15, 0.2) is 11.6 Å². The van der Waals surface area contributed by atoms with Gasteiger partial charge in [-0.3, -0.25) is 9.59 Å². The summed E-state index contributed by atoms with van der Waals surface area (Å²) in [5.41, 5.74) is -1.59. The summed E-state index contributed by atoms with van der Waals surface area (Å²) in [7, 11) is 1.61. The average molecular weight is 712 g/mol. The second-order valence-electron chi connectivity index (χ2n) is 12.9. The molecule has 1 amide bonds. The Labute approximate surface area is 286 Å². The fourth-order valence-corrected chi connectivity index (χ4v) is 6.52. The molecule has 1 fully saturated rings. The van der Waals surface area contributed by atoms with Crippen molar-refractivity contribution in [1.29, 1.82) is 0 Å². The highest BCUT2D eigenvalue weighted by molar-refractivity contribution is 6.10. The van der Waals surface area contributed by atoms with E-state index in [0.717, 1.165) is 25.0 Å². The molecular weight excluding hydrogens is 680 g/mol. The van der Waals surface area contributed by atoms with Gasteiger partial charge >= 0.3 is 6.18 Å². The fraction of sp³-hybridized carbons (Fsp3) is 0.306. The zero-order chi connectivity index (χ0) is 36.4. The van der Waals surface area contributed by atoms with Gasteiger partial charge < -0.3 is 29.4 Å². The number of anilines is 1. The number of aromatic nitrogens is 3. The van der Waals surface area contributed by atoms with Gasteiger partial charge in [0, 0.05) is 61.5 Å². The molecular formula is C36H31F6N5O4. The molecule has 0 bridgehead atoms. The van der Waals surface area contributed by atoms with Crippen LogP contribution < -0.4 is 15.4 Å². The van der Waals surface area contributed by atoms with Crippen LogP contribution in [0, 0.1) is 24.0 Å². The number of benzene rings is 2. The number of aliphatic hydroxyl groups is 1. The summed E-state index contributed by atoms with van der Waals surface area (Å²) in [6, 6.07) is 6.78. The number of fused-ring (bicyclic) bond motifs is 4. The number of nitrogens with zero attached hydrogens (tertiary/aromatic N) is 3. The molecule has 1 saturated carbocycles. The lowest BCUT2D eigenvalue weighted by Gasteiger charge is -2.22. The van der Waals surface area contributed by atoms with Crippen LogP contribution in [0.3, 0.4) is 0 Å². The lowest BCUT2D eigenvalue weighted by Crippen LogP contribution is -2.27. The number of rotatable bonds is 9. The first-order chi connectivity index (χ1) is 24.2. The van der Waals surface area contributed by atoms with Gasteiger partial charge in [0.25, 0.3) is 5.91 Å². The molecule has 0 radical (unpaired) electrons. The summed E-state index contributed by atoms with van der Waals surface area (Å²) >= 11 is 0. The third-order valence-corrected chi connectivity index (χ3v) is 9.63. The number of hydrogen-bond donors (Lipinski definition) is 3. The first kappa shape index (κ1) is 34.3. The van der Waals surface area contributed by atoms with Crippen molar-refractivity contribution in [3.05, 3.63) is 94.3 Å². The van der Waals surface area contributed by atoms with Gasteiger partial charge in [-0.2, -0.15) is 13.2 Å².